The van der Waals surface area contributed by atoms with Crippen molar-refractivity contribution < 1.29 is 23.4 Å². The van der Waals surface area contributed by atoms with E-state index in [1.807, 2.05) is 54.6 Å². The molecule has 0 aromatic heterocycles. The molecule has 0 aliphatic carbocycles. The molecule has 0 amide bonds. The van der Waals surface area contributed by atoms with Gasteiger partial charge in [-0.1, -0.05) is 54.6 Å². The largest absolute Gasteiger partial charge is 0.505 e. The highest BCUT2D eigenvalue weighted by molar-refractivity contribution is 7.92. The summed E-state index contributed by atoms with van der Waals surface area (Å²) in [6.07, 6.45) is 1.42. The van der Waals surface area contributed by atoms with Crippen LogP contribution in [0.3, 0.4) is 0 Å². The van der Waals surface area contributed by atoms with Gasteiger partial charge in [0, 0.05) is 5.56 Å². The third-order valence-electron chi connectivity index (χ3n) is 5.21. The summed E-state index contributed by atoms with van der Waals surface area (Å²) >= 11 is 0. The standard InChI is InChI=1S/C24H28N2O5S/c1-24(25,28)20-10-7-11-21(23(20)27)26(32(3,29)30)22(18-8-5-4-6-9-18)16-17-12-14-19(31-2)15-13-17/h4-15,22,27-28H,16,25H2,1-3H3. The van der Waals surface area contributed by atoms with Crippen molar-refractivity contribution in [2.24, 2.45) is 5.73 Å². The second kappa shape index (κ2) is 9.20. The second-order valence-electron chi connectivity index (χ2n) is 7.86. The Labute approximate surface area is 188 Å². The molecule has 0 saturated heterocycles. The molecule has 4 N–H and O–H groups in total. The Morgan fingerprint density at radius 1 is 1.03 bits per heavy atom. The van der Waals surface area contributed by atoms with E-state index in [0.717, 1.165) is 17.4 Å². The SMILES string of the molecule is COc1ccc(CC(c2ccccc2)N(c2cccc(C(C)(N)O)c2O)S(C)(=O)=O)cc1. The smallest absolute Gasteiger partial charge is 0.232 e. The topological polar surface area (TPSA) is 113 Å². The molecule has 0 aliphatic heterocycles. The molecule has 0 radical (unpaired) electrons. The first-order valence-electron chi connectivity index (χ1n) is 10.0. The second-order valence-corrected chi connectivity index (χ2v) is 9.72. The fourth-order valence-corrected chi connectivity index (χ4v) is 4.85. The number of aromatic hydroxyl groups is 1. The highest BCUT2D eigenvalue weighted by Crippen LogP contribution is 2.41. The maximum Gasteiger partial charge on any atom is 0.232 e. The molecule has 0 saturated carbocycles. The van der Waals surface area contributed by atoms with Crippen LogP contribution in [0, 0.1) is 0 Å². The maximum absolute atomic E-state index is 13.1. The van der Waals surface area contributed by atoms with Gasteiger partial charge in [0.25, 0.3) is 0 Å². The van der Waals surface area contributed by atoms with Gasteiger partial charge in [0.2, 0.25) is 10.0 Å². The van der Waals surface area contributed by atoms with Gasteiger partial charge in [-0.25, -0.2) is 8.42 Å². The van der Waals surface area contributed by atoms with Crippen LogP contribution in [0.4, 0.5) is 5.69 Å². The van der Waals surface area contributed by atoms with E-state index in [1.165, 1.54) is 23.4 Å². The quantitative estimate of drug-likeness (QED) is 0.449. The van der Waals surface area contributed by atoms with Crippen LogP contribution < -0.4 is 14.8 Å². The maximum atomic E-state index is 13.1. The van der Waals surface area contributed by atoms with E-state index in [2.05, 4.69) is 0 Å². The molecule has 0 spiro atoms. The number of methoxy groups -OCH3 is 1. The average Bonchev–Trinajstić information content (AvgIpc) is 2.74. The lowest BCUT2D eigenvalue weighted by Gasteiger charge is -2.34. The number of aliphatic hydroxyl groups is 1. The number of phenols is 1. The van der Waals surface area contributed by atoms with E-state index in [0.29, 0.717) is 12.2 Å². The zero-order chi connectivity index (χ0) is 23.5. The number of hydrogen-bond donors (Lipinski definition) is 3. The van der Waals surface area contributed by atoms with Crippen molar-refractivity contribution in [3.8, 4) is 11.5 Å². The van der Waals surface area contributed by atoms with Crippen molar-refractivity contribution >= 4 is 15.7 Å². The zero-order valence-electron chi connectivity index (χ0n) is 18.3. The third kappa shape index (κ3) is 5.21. The summed E-state index contributed by atoms with van der Waals surface area (Å²) < 4.78 is 32.5. The normalized spacial score (nSPS) is 14.4. The highest BCUT2D eigenvalue weighted by Gasteiger charge is 2.33. The summed E-state index contributed by atoms with van der Waals surface area (Å²) in [5.41, 5.74) is 5.64. The van der Waals surface area contributed by atoms with Gasteiger partial charge < -0.3 is 14.9 Å². The van der Waals surface area contributed by atoms with Crippen LogP contribution >= 0.6 is 0 Å². The lowest BCUT2D eigenvalue weighted by molar-refractivity contribution is 0.0622. The zero-order valence-corrected chi connectivity index (χ0v) is 19.1. The van der Waals surface area contributed by atoms with Crippen molar-refractivity contribution in [3.05, 3.63) is 89.5 Å². The number of sulfonamides is 1. The Balaban J connectivity index is 2.19. The first kappa shape index (κ1) is 23.6. The molecule has 0 fully saturated rings. The molecule has 2 unspecified atom stereocenters. The lowest BCUT2D eigenvalue weighted by Crippen LogP contribution is -2.37. The summed E-state index contributed by atoms with van der Waals surface area (Å²) in [6.45, 7) is 1.32. The molecule has 3 rings (SSSR count). The number of benzene rings is 3. The van der Waals surface area contributed by atoms with E-state index in [4.69, 9.17) is 10.5 Å². The highest BCUT2D eigenvalue weighted by atomic mass is 32.2. The van der Waals surface area contributed by atoms with Gasteiger partial charge in [-0.2, -0.15) is 0 Å². The van der Waals surface area contributed by atoms with Crippen LogP contribution in [0.2, 0.25) is 0 Å². The minimum atomic E-state index is -3.86. The first-order valence-corrected chi connectivity index (χ1v) is 11.9. The van der Waals surface area contributed by atoms with E-state index in [1.54, 1.807) is 13.2 Å². The summed E-state index contributed by atoms with van der Waals surface area (Å²) in [7, 11) is -2.28. The predicted molar refractivity (Wildman–Crippen MR) is 125 cm³/mol. The van der Waals surface area contributed by atoms with Crippen LogP contribution in [-0.2, 0) is 22.2 Å². The molecule has 8 heteroatoms. The van der Waals surface area contributed by atoms with Crippen LogP contribution in [0.25, 0.3) is 0 Å². The van der Waals surface area contributed by atoms with Crippen LogP contribution in [0.1, 0.15) is 29.7 Å². The Hall–Kier alpha value is -3.07. The van der Waals surface area contributed by atoms with Gasteiger partial charge in [-0.05, 0) is 42.7 Å². The van der Waals surface area contributed by atoms with Crippen molar-refractivity contribution in [2.45, 2.75) is 25.1 Å². The van der Waals surface area contributed by atoms with Gasteiger partial charge in [0.1, 0.15) is 17.2 Å². The number of nitrogens with two attached hydrogens (primary N) is 1. The summed E-state index contributed by atoms with van der Waals surface area (Å²) in [6, 6.07) is 20.4. The predicted octanol–water partition coefficient (Wildman–Crippen LogP) is 3.27. The van der Waals surface area contributed by atoms with E-state index in [-0.39, 0.29) is 17.0 Å². The molecular formula is C24H28N2O5S. The minimum absolute atomic E-state index is 0.0277. The van der Waals surface area contributed by atoms with Gasteiger partial charge >= 0.3 is 0 Å². The molecule has 170 valence electrons. The average molecular weight is 457 g/mol. The molecular weight excluding hydrogens is 428 g/mol. The fourth-order valence-electron chi connectivity index (χ4n) is 3.69. The van der Waals surface area contributed by atoms with Crippen molar-refractivity contribution in [1.29, 1.82) is 0 Å². The molecule has 2 atom stereocenters. The van der Waals surface area contributed by atoms with Crippen LogP contribution in [0.15, 0.2) is 72.8 Å². The van der Waals surface area contributed by atoms with Gasteiger partial charge in [-0.3, -0.25) is 10.0 Å². The van der Waals surface area contributed by atoms with Gasteiger partial charge in [0.15, 0.2) is 0 Å². The minimum Gasteiger partial charge on any atom is -0.505 e. The number of ether oxygens (including phenoxy) is 1. The molecule has 32 heavy (non-hydrogen) atoms. The summed E-state index contributed by atoms with van der Waals surface area (Å²) in [4.78, 5) is 0. The number of anilines is 1. The van der Waals surface area contributed by atoms with Crippen molar-refractivity contribution in [1.82, 2.24) is 0 Å². The van der Waals surface area contributed by atoms with Crippen molar-refractivity contribution in [2.75, 3.05) is 17.7 Å². The van der Waals surface area contributed by atoms with Gasteiger partial charge in [0.05, 0.1) is 25.1 Å². The molecule has 3 aromatic rings. The van der Waals surface area contributed by atoms with E-state index >= 15 is 0 Å². The van der Waals surface area contributed by atoms with Crippen molar-refractivity contribution in [3.63, 3.8) is 0 Å². The molecule has 7 nitrogen and oxygen atoms in total. The Morgan fingerprint density at radius 3 is 2.19 bits per heavy atom. The molecule has 0 bridgehead atoms. The van der Waals surface area contributed by atoms with E-state index < -0.39 is 21.8 Å². The van der Waals surface area contributed by atoms with Crippen LogP contribution in [0.5, 0.6) is 11.5 Å². The third-order valence-corrected chi connectivity index (χ3v) is 6.38. The van der Waals surface area contributed by atoms with Crippen LogP contribution in [-0.4, -0.2) is 32.0 Å². The first-order chi connectivity index (χ1) is 15.0. The number of hydrogen-bond acceptors (Lipinski definition) is 6. The Morgan fingerprint density at radius 2 is 1.66 bits per heavy atom. The lowest BCUT2D eigenvalue weighted by atomic mass is 9.97. The molecule has 0 aliphatic rings. The summed E-state index contributed by atoms with van der Waals surface area (Å²) in [5, 5.41) is 21.2. The Bertz CT molecular complexity index is 1160. The van der Waals surface area contributed by atoms with E-state index in [9.17, 15) is 18.6 Å². The number of phenolic OH excluding ortho intramolecular Hbond substituents is 1. The number of para-hydroxylation sites is 1. The molecule has 3 aromatic carbocycles. The molecule has 0 heterocycles. The monoisotopic (exact) mass is 456 g/mol. The Kier molecular flexibility index (Phi) is 6.78. The number of nitrogens with zero attached hydrogens (tertiary/aromatic N) is 1. The fraction of sp³-hybridized carbons (Fsp3) is 0.250. The summed E-state index contributed by atoms with van der Waals surface area (Å²) in [5.74, 6) is 0.307. The number of rotatable bonds is 8. The van der Waals surface area contributed by atoms with Gasteiger partial charge in [-0.15, -0.1) is 0 Å².